The summed E-state index contributed by atoms with van der Waals surface area (Å²) in [6.07, 6.45) is 2.17. The maximum absolute atomic E-state index is 5.94. The van der Waals surface area contributed by atoms with Crippen molar-refractivity contribution in [1.29, 1.82) is 0 Å². The van der Waals surface area contributed by atoms with Crippen LogP contribution in [-0.4, -0.2) is 9.97 Å². The summed E-state index contributed by atoms with van der Waals surface area (Å²) < 4.78 is 5.94. The van der Waals surface area contributed by atoms with Gasteiger partial charge in [-0.15, -0.1) is 0 Å². The van der Waals surface area contributed by atoms with Gasteiger partial charge in [-0.2, -0.15) is 0 Å². The molecule has 0 atom stereocenters. The number of anilines is 1. The van der Waals surface area contributed by atoms with Crippen molar-refractivity contribution in [2.45, 2.75) is 33.1 Å². The summed E-state index contributed by atoms with van der Waals surface area (Å²) in [6.45, 7) is 6.28. The van der Waals surface area contributed by atoms with Crippen molar-refractivity contribution >= 4 is 5.82 Å². The largest absolute Gasteiger partial charge is 0.438 e. The maximum Gasteiger partial charge on any atom is 0.227 e. The van der Waals surface area contributed by atoms with E-state index in [0.717, 1.165) is 23.3 Å². The van der Waals surface area contributed by atoms with E-state index >= 15 is 0 Å². The van der Waals surface area contributed by atoms with Crippen molar-refractivity contribution in [2.24, 2.45) is 0 Å². The normalized spacial score (nSPS) is 10.7. The van der Waals surface area contributed by atoms with E-state index in [1.807, 2.05) is 25.1 Å². The second kappa shape index (κ2) is 5.69. The molecule has 0 aliphatic rings. The van der Waals surface area contributed by atoms with Gasteiger partial charge in [-0.05, 0) is 24.0 Å². The molecule has 2 rings (SSSR count). The van der Waals surface area contributed by atoms with Crippen LogP contribution in [-0.2, 0) is 6.42 Å². The van der Waals surface area contributed by atoms with Gasteiger partial charge in [0.1, 0.15) is 17.9 Å². The van der Waals surface area contributed by atoms with Gasteiger partial charge in [0.15, 0.2) is 0 Å². The van der Waals surface area contributed by atoms with Crippen LogP contribution in [0.15, 0.2) is 30.6 Å². The van der Waals surface area contributed by atoms with Crippen LogP contribution >= 0.6 is 0 Å². The first kappa shape index (κ1) is 13.3. The number of nitrogens with zero attached hydrogens (tertiary/aromatic N) is 2. The van der Waals surface area contributed by atoms with Gasteiger partial charge in [-0.1, -0.05) is 39.0 Å². The van der Waals surface area contributed by atoms with E-state index in [-0.39, 0.29) is 0 Å². The van der Waals surface area contributed by atoms with E-state index in [4.69, 9.17) is 10.5 Å². The predicted molar refractivity (Wildman–Crippen MR) is 76.4 cm³/mol. The quantitative estimate of drug-likeness (QED) is 0.910. The van der Waals surface area contributed by atoms with Crippen LogP contribution in [0.3, 0.4) is 0 Å². The van der Waals surface area contributed by atoms with E-state index in [0.29, 0.717) is 17.6 Å². The number of ether oxygens (including phenoxy) is 1. The fourth-order valence-electron chi connectivity index (χ4n) is 1.98. The SMILES string of the molecule is CCc1c(N)ncnc1Oc1ccccc1C(C)C. The molecule has 0 aliphatic heterocycles. The Labute approximate surface area is 113 Å². The fourth-order valence-corrected chi connectivity index (χ4v) is 1.98. The van der Waals surface area contributed by atoms with Crippen LogP contribution in [0.25, 0.3) is 0 Å². The molecule has 0 fully saturated rings. The second-order valence-electron chi connectivity index (χ2n) is 4.69. The van der Waals surface area contributed by atoms with E-state index in [9.17, 15) is 0 Å². The highest BCUT2D eigenvalue weighted by Gasteiger charge is 2.13. The summed E-state index contributed by atoms with van der Waals surface area (Å²) in [5.41, 5.74) is 7.85. The lowest BCUT2D eigenvalue weighted by molar-refractivity contribution is 0.447. The molecule has 0 unspecified atom stereocenters. The molecular weight excluding hydrogens is 238 g/mol. The van der Waals surface area contributed by atoms with Crippen molar-refractivity contribution < 1.29 is 4.74 Å². The van der Waals surface area contributed by atoms with Gasteiger partial charge < -0.3 is 10.5 Å². The number of benzene rings is 1. The Morgan fingerprint density at radius 3 is 2.63 bits per heavy atom. The molecular formula is C15H19N3O. The first-order valence-electron chi connectivity index (χ1n) is 6.49. The van der Waals surface area contributed by atoms with Crippen molar-refractivity contribution in [1.82, 2.24) is 9.97 Å². The molecule has 0 saturated carbocycles. The van der Waals surface area contributed by atoms with Gasteiger partial charge in [0.25, 0.3) is 0 Å². The maximum atomic E-state index is 5.94. The first-order valence-corrected chi connectivity index (χ1v) is 6.49. The Balaban J connectivity index is 2.39. The minimum absolute atomic E-state index is 0.389. The summed E-state index contributed by atoms with van der Waals surface area (Å²) in [5.74, 6) is 2.24. The van der Waals surface area contributed by atoms with Crippen LogP contribution in [0, 0.1) is 0 Å². The zero-order chi connectivity index (χ0) is 13.8. The number of hydrogen-bond donors (Lipinski definition) is 1. The van der Waals surface area contributed by atoms with Gasteiger partial charge >= 0.3 is 0 Å². The second-order valence-corrected chi connectivity index (χ2v) is 4.69. The standard InChI is InChI=1S/C15H19N3O/c1-4-11-14(16)17-9-18-15(11)19-13-8-6-5-7-12(13)10(2)3/h5-10H,4H2,1-3H3,(H2,16,17,18). The Morgan fingerprint density at radius 1 is 1.21 bits per heavy atom. The molecule has 1 aromatic carbocycles. The third-order valence-corrected chi connectivity index (χ3v) is 3.04. The average Bonchev–Trinajstić information content (AvgIpc) is 2.39. The molecule has 1 aromatic heterocycles. The minimum atomic E-state index is 0.389. The lowest BCUT2D eigenvalue weighted by Gasteiger charge is -2.15. The molecule has 2 aromatic rings. The molecule has 100 valence electrons. The van der Waals surface area contributed by atoms with Crippen LogP contribution in [0.5, 0.6) is 11.6 Å². The molecule has 0 bridgehead atoms. The van der Waals surface area contributed by atoms with Crippen molar-refractivity contribution in [3.05, 3.63) is 41.7 Å². The summed E-state index contributed by atoms with van der Waals surface area (Å²) >= 11 is 0. The topological polar surface area (TPSA) is 61.0 Å². The highest BCUT2D eigenvalue weighted by Crippen LogP contribution is 2.31. The number of aromatic nitrogens is 2. The van der Waals surface area contributed by atoms with E-state index < -0.39 is 0 Å². The van der Waals surface area contributed by atoms with Gasteiger partial charge in [-0.3, -0.25) is 0 Å². The zero-order valence-electron chi connectivity index (χ0n) is 11.6. The Bertz CT molecular complexity index is 567. The summed E-state index contributed by atoms with van der Waals surface area (Å²) in [4.78, 5) is 8.19. The Morgan fingerprint density at radius 2 is 1.95 bits per heavy atom. The van der Waals surface area contributed by atoms with Crippen molar-refractivity contribution in [3.8, 4) is 11.6 Å². The number of para-hydroxylation sites is 1. The van der Waals surface area contributed by atoms with Crippen molar-refractivity contribution in [2.75, 3.05) is 5.73 Å². The highest BCUT2D eigenvalue weighted by atomic mass is 16.5. The number of nitrogen functional groups attached to an aromatic ring is 1. The number of rotatable bonds is 4. The molecule has 0 radical (unpaired) electrons. The van der Waals surface area contributed by atoms with Crippen LogP contribution in [0.2, 0.25) is 0 Å². The monoisotopic (exact) mass is 257 g/mol. The lowest BCUT2D eigenvalue weighted by Crippen LogP contribution is -2.03. The van der Waals surface area contributed by atoms with Gasteiger partial charge in [0.2, 0.25) is 5.88 Å². The molecule has 1 heterocycles. The lowest BCUT2D eigenvalue weighted by atomic mass is 10.0. The summed E-state index contributed by atoms with van der Waals surface area (Å²) in [6, 6.07) is 7.98. The Hall–Kier alpha value is -2.10. The molecule has 4 heteroatoms. The third kappa shape index (κ3) is 2.84. The smallest absolute Gasteiger partial charge is 0.227 e. The highest BCUT2D eigenvalue weighted by molar-refractivity contribution is 5.47. The number of hydrogen-bond acceptors (Lipinski definition) is 4. The van der Waals surface area contributed by atoms with Crippen LogP contribution < -0.4 is 10.5 Å². The molecule has 19 heavy (non-hydrogen) atoms. The third-order valence-electron chi connectivity index (χ3n) is 3.04. The molecule has 2 N–H and O–H groups in total. The number of nitrogens with two attached hydrogens (primary N) is 1. The minimum Gasteiger partial charge on any atom is -0.438 e. The molecule has 0 spiro atoms. The molecule has 4 nitrogen and oxygen atoms in total. The zero-order valence-corrected chi connectivity index (χ0v) is 11.6. The fraction of sp³-hybridized carbons (Fsp3) is 0.333. The summed E-state index contributed by atoms with van der Waals surface area (Å²) in [7, 11) is 0. The molecule has 0 saturated heterocycles. The summed E-state index contributed by atoms with van der Waals surface area (Å²) in [5, 5.41) is 0. The van der Waals surface area contributed by atoms with Gasteiger partial charge in [0.05, 0.1) is 5.56 Å². The first-order chi connectivity index (χ1) is 9.13. The van der Waals surface area contributed by atoms with E-state index in [2.05, 4.69) is 29.9 Å². The van der Waals surface area contributed by atoms with Crippen LogP contribution in [0.1, 0.15) is 37.8 Å². The van der Waals surface area contributed by atoms with Gasteiger partial charge in [0, 0.05) is 0 Å². The Kier molecular flexibility index (Phi) is 4.00. The van der Waals surface area contributed by atoms with Crippen LogP contribution in [0.4, 0.5) is 5.82 Å². The van der Waals surface area contributed by atoms with Gasteiger partial charge in [-0.25, -0.2) is 9.97 Å². The average molecular weight is 257 g/mol. The van der Waals surface area contributed by atoms with E-state index in [1.165, 1.54) is 6.33 Å². The van der Waals surface area contributed by atoms with Crippen molar-refractivity contribution in [3.63, 3.8) is 0 Å². The molecule has 0 aliphatic carbocycles. The van der Waals surface area contributed by atoms with E-state index in [1.54, 1.807) is 0 Å². The predicted octanol–water partition coefficient (Wildman–Crippen LogP) is 3.54. The molecule has 0 amide bonds.